The number of hydrazone groups is 1. The van der Waals surface area contributed by atoms with Gasteiger partial charge >= 0.3 is 0 Å². The maximum absolute atomic E-state index is 10.6. The summed E-state index contributed by atoms with van der Waals surface area (Å²) in [6.07, 6.45) is 0. The van der Waals surface area contributed by atoms with Crippen LogP contribution in [-0.4, -0.2) is 22.3 Å². The quantitative estimate of drug-likeness (QED) is 0.286. The molecule has 20 heavy (non-hydrogen) atoms. The van der Waals surface area contributed by atoms with Crippen LogP contribution in [0.3, 0.4) is 0 Å². The molecule has 0 aromatic heterocycles. The number of nitro benzene ring substituents is 1. The second-order valence-electron chi connectivity index (χ2n) is 4.25. The lowest BCUT2D eigenvalue weighted by Crippen LogP contribution is -2.33. The van der Waals surface area contributed by atoms with Gasteiger partial charge in [-0.1, -0.05) is 12.2 Å². The zero-order chi connectivity index (χ0) is 15.1. The van der Waals surface area contributed by atoms with Crippen LogP contribution in [0.15, 0.2) is 41.5 Å². The van der Waals surface area contributed by atoms with E-state index in [2.05, 4.69) is 22.4 Å². The van der Waals surface area contributed by atoms with Crippen molar-refractivity contribution >= 4 is 28.7 Å². The Bertz CT molecular complexity index is 552. The largest absolute Gasteiger partial charge is 0.358 e. The summed E-state index contributed by atoms with van der Waals surface area (Å²) in [5.41, 5.74) is 5.18. The second-order valence-corrected chi connectivity index (χ2v) is 4.66. The Kier molecular flexibility index (Phi) is 5.79. The van der Waals surface area contributed by atoms with Gasteiger partial charge in [0.05, 0.1) is 10.6 Å². The summed E-state index contributed by atoms with van der Waals surface area (Å²) in [6.45, 7) is 8.01. The fourth-order valence-corrected chi connectivity index (χ4v) is 1.41. The third-order valence-corrected chi connectivity index (χ3v) is 2.61. The van der Waals surface area contributed by atoms with E-state index in [9.17, 15) is 10.1 Å². The summed E-state index contributed by atoms with van der Waals surface area (Å²) in [6, 6.07) is 6.16. The molecule has 0 spiro atoms. The molecular weight excluding hydrogens is 276 g/mol. The van der Waals surface area contributed by atoms with Gasteiger partial charge in [-0.3, -0.25) is 15.5 Å². The molecule has 106 valence electrons. The highest BCUT2D eigenvalue weighted by Gasteiger charge is 2.05. The number of thiocarbonyl (C=S) groups is 1. The molecule has 6 nitrogen and oxygen atoms in total. The molecule has 0 radical (unpaired) electrons. The van der Waals surface area contributed by atoms with E-state index in [4.69, 9.17) is 12.2 Å². The Labute approximate surface area is 122 Å². The lowest BCUT2D eigenvalue weighted by atomic mass is 10.1. The molecule has 0 atom stereocenters. The maximum atomic E-state index is 10.6. The first-order chi connectivity index (χ1) is 9.40. The molecule has 0 saturated heterocycles. The number of nitrogens with one attached hydrogen (secondary N) is 2. The minimum Gasteiger partial charge on any atom is -0.358 e. The van der Waals surface area contributed by atoms with E-state index in [1.54, 1.807) is 19.1 Å². The fourth-order valence-electron chi connectivity index (χ4n) is 1.29. The van der Waals surface area contributed by atoms with Crippen molar-refractivity contribution in [1.29, 1.82) is 0 Å². The molecule has 0 unspecified atom stereocenters. The van der Waals surface area contributed by atoms with E-state index in [1.807, 2.05) is 6.92 Å². The molecule has 7 heteroatoms. The topological polar surface area (TPSA) is 79.6 Å². The summed E-state index contributed by atoms with van der Waals surface area (Å²) in [5, 5.41) is 18.0. The fraction of sp³-hybridized carbons (Fsp3) is 0.231. The van der Waals surface area contributed by atoms with E-state index in [1.165, 1.54) is 12.1 Å². The summed E-state index contributed by atoms with van der Waals surface area (Å²) >= 11 is 5.04. The molecule has 0 bridgehead atoms. The smallest absolute Gasteiger partial charge is 0.269 e. The van der Waals surface area contributed by atoms with Crippen LogP contribution in [0.4, 0.5) is 5.69 Å². The molecular formula is C13H16N4O2S. The SMILES string of the molecule is C=C(C)CNC(=S)N/N=C(/C)c1ccc([N+](=O)[O-])cc1. The maximum Gasteiger partial charge on any atom is 0.269 e. The number of non-ortho nitro benzene ring substituents is 1. The van der Waals surface area contributed by atoms with Crippen molar-refractivity contribution in [2.45, 2.75) is 13.8 Å². The van der Waals surface area contributed by atoms with Gasteiger partial charge in [-0.2, -0.15) is 5.10 Å². The Hall–Kier alpha value is -2.28. The summed E-state index contributed by atoms with van der Waals surface area (Å²) in [4.78, 5) is 10.1. The molecule has 0 saturated carbocycles. The molecule has 0 aliphatic rings. The van der Waals surface area contributed by atoms with Crippen molar-refractivity contribution in [3.8, 4) is 0 Å². The number of hydrogen-bond donors (Lipinski definition) is 2. The van der Waals surface area contributed by atoms with Crippen LogP contribution in [0.25, 0.3) is 0 Å². The van der Waals surface area contributed by atoms with Gasteiger partial charge < -0.3 is 5.32 Å². The number of benzene rings is 1. The van der Waals surface area contributed by atoms with Crippen molar-refractivity contribution in [3.05, 3.63) is 52.1 Å². The highest BCUT2D eigenvalue weighted by Crippen LogP contribution is 2.12. The average molecular weight is 292 g/mol. The monoisotopic (exact) mass is 292 g/mol. The van der Waals surface area contributed by atoms with E-state index in [0.29, 0.717) is 17.4 Å². The summed E-state index contributed by atoms with van der Waals surface area (Å²) < 4.78 is 0. The van der Waals surface area contributed by atoms with Gasteiger partial charge in [-0.25, -0.2) is 0 Å². The van der Waals surface area contributed by atoms with Gasteiger partial charge in [0.2, 0.25) is 0 Å². The second kappa shape index (κ2) is 7.34. The molecule has 0 amide bonds. The summed E-state index contributed by atoms with van der Waals surface area (Å²) in [7, 11) is 0. The van der Waals surface area contributed by atoms with Crippen LogP contribution < -0.4 is 10.7 Å². The van der Waals surface area contributed by atoms with Gasteiger partial charge in [0, 0.05) is 18.7 Å². The zero-order valence-corrected chi connectivity index (χ0v) is 12.2. The minimum atomic E-state index is -0.439. The molecule has 1 rings (SSSR count). The van der Waals surface area contributed by atoms with Crippen molar-refractivity contribution in [2.75, 3.05) is 6.54 Å². The van der Waals surface area contributed by atoms with Crippen molar-refractivity contribution in [1.82, 2.24) is 10.7 Å². The third kappa shape index (κ3) is 5.15. The lowest BCUT2D eigenvalue weighted by molar-refractivity contribution is -0.384. The van der Waals surface area contributed by atoms with Crippen molar-refractivity contribution < 1.29 is 4.92 Å². The minimum absolute atomic E-state index is 0.0492. The van der Waals surface area contributed by atoms with Crippen LogP contribution in [0.5, 0.6) is 0 Å². The van der Waals surface area contributed by atoms with Crippen molar-refractivity contribution in [2.24, 2.45) is 5.10 Å². The highest BCUT2D eigenvalue weighted by molar-refractivity contribution is 7.80. The van der Waals surface area contributed by atoms with E-state index < -0.39 is 4.92 Å². The predicted molar refractivity (Wildman–Crippen MR) is 83.9 cm³/mol. The lowest BCUT2D eigenvalue weighted by Gasteiger charge is -2.07. The van der Waals surface area contributed by atoms with E-state index in [-0.39, 0.29) is 5.69 Å². The van der Waals surface area contributed by atoms with Gasteiger partial charge in [-0.15, -0.1) is 0 Å². The predicted octanol–water partition coefficient (Wildman–Crippen LogP) is 2.36. The Morgan fingerprint density at radius 2 is 2.00 bits per heavy atom. The molecule has 0 fully saturated rings. The van der Waals surface area contributed by atoms with Crippen LogP contribution in [0.1, 0.15) is 19.4 Å². The first-order valence-corrected chi connectivity index (χ1v) is 6.28. The third-order valence-electron chi connectivity index (χ3n) is 2.37. The van der Waals surface area contributed by atoms with Gasteiger partial charge in [0.1, 0.15) is 0 Å². The summed E-state index contributed by atoms with van der Waals surface area (Å²) in [5.74, 6) is 0. The normalized spacial score (nSPS) is 10.8. The molecule has 0 aliphatic carbocycles. The number of nitro groups is 1. The van der Waals surface area contributed by atoms with Crippen LogP contribution >= 0.6 is 12.2 Å². The number of hydrogen-bond acceptors (Lipinski definition) is 4. The molecule has 0 aliphatic heterocycles. The van der Waals surface area contributed by atoms with Crippen LogP contribution in [0.2, 0.25) is 0 Å². The number of nitrogens with zero attached hydrogens (tertiary/aromatic N) is 2. The molecule has 1 aromatic carbocycles. The van der Waals surface area contributed by atoms with Crippen LogP contribution in [0, 0.1) is 10.1 Å². The zero-order valence-electron chi connectivity index (χ0n) is 11.3. The van der Waals surface area contributed by atoms with Crippen molar-refractivity contribution in [3.63, 3.8) is 0 Å². The first kappa shape index (κ1) is 15.8. The van der Waals surface area contributed by atoms with Gasteiger partial charge in [0.25, 0.3) is 5.69 Å². The molecule has 2 N–H and O–H groups in total. The van der Waals surface area contributed by atoms with Crippen LogP contribution in [-0.2, 0) is 0 Å². The van der Waals surface area contributed by atoms with E-state index in [0.717, 1.165) is 11.1 Å². The standard InChI is InChI=1S/C13H16N4O2S/c1-9(2)8-14-13(20)16-15-10(3)11-4-6-12(7-5-11)17(18)19/h4-7H,1,8H2,2-3H3,(H2,14,16,20)/b15-10-. The Balaban J connectivity index is 2.62. The van der Waals surface area contributed by atoms with Gasteiger partial charge in [-0.05, 0) is 43.8 Å². The Morgan fingerprint density at radius 3 is 2.50 bits per heavy atom. The molecule has 0 heterocycles. The number of rotatable bonds is 5. The highest BCUT2D eigenvalue weighted by atomic mass is 32.1. The Morgan fingerprint density at radius 1 is 1.40 bits per heavy atom. The van der Waals surface area contributed by atoms with Gasteiger partial charge in [0.15, 0.2) is 5.11 Å². The average Bonchev–Trinajstić information content (AvgIpc) is 2.42. The first-order valence-electron chi connectivity index (χ1n) is 5.87. The van der Waals surface area contributed by atoms with E-state index >= 15 is 0 Å². The molecule has 1 aromatic rings.